The van der Waals surface area contributed by atoms with Gasteiger partial charge in [0.05, 0.1) is 0 Å². The van der Waals surface area contributed by atoms with Crippen LogP contribution in [0.25, 0.3) is 11.5 Å². The van der Waals surface area contributed by atoms with Crippen molar-refractivity contribution in [2.24, 2.45) is 0 Å². The van der Waals surface area contributed by atoms with E-state index in [0.717, 1.165) is 10.0 Å². The lowest BCUT2D eigenvalue weighted by Crippen LogP contribution is -1.81. The van der Waals surface area contributed by atoms with Crippen LogP contribution in [-0.2, 0) is 0 Å². The van der Waals surface area contributed by atoms with Crippen molar-refractivity contribution >= 4 is 27.5 Å². The van der Waals surface area contributed by atoms with Gasteiger partial charge < -0.3 is 4.42 Å². The molecule has 1 heterocycles. The van der Waals surface area contributed by atoms with E-state index in [1.807, 2.05) is 24.3 Å². The van der Waals surface area contributed by atoms with Crippen molar-refractivity contribution in [1.82, 2.24) is 10.2 Å². The smallest absolute Gasteiger partial charge is 0.247 e. The van der Waals surface area contributed by atoms with Crippen molar-refractivity contribution in [3.8, 4) is 11.5 Å². The molecule has 0 saturated carbocycles. The van der Waals surface area contributed by atoms with Crippen LogP contribution in [0.3, 0.4) is 0 Å². The molecule has 5 heteroatoms. The zero-order valence-electron chi connectivity index (χ0n) is 7.95. The van der Waals surface area contributed by atoms with Gasteiger partial charge in [-0.3, -0.25) is 0 Å². The van der Waals surface area contributed by atoms with E-state index in [9.17, 15) is 0 Å². The van der Waals surface area contributed by atoms with Crippen molar-refractivity contribution in [2.75, 3.05) is 0 Å². The highest BCUT2D eigenvalue weighted by molar-refractivity contribution is 9.10. The van der Waals surface area contributed by atoms with Crippen LogP contribution in [0, 0.1) is 0 Å². The predicted molar refractivity (Wildman–Crippen MR) is 61.7 cm³/mol. The van der Waals surface area contributed by atoms with Gasteiger partial charge in [-0.05, 0) is 31.2 Å². The predicted octanol–water partition coefficient (Wildman–Crippen LogP) is 3.80. The van der Waals surface area contributed by atoms with E-state index < -0.39 is 0 Å². The van der Waals surface area contributed by atoms with Crippen LogP contribution in [0.15, 0.2) is 33.2 Å². The van der Waals surface area contributed by atoms with Crippen LogP contribution in [-0.4, -0.2) is 10.2 Å². The molecule has 0 bridgehead atoms. The molecule has 2 rings (SSSR count). The second-order valence-corrected chi connectivity index (χ2v) is 4.64. The van der Waals surface area contributed by atoms with Gasteiger partial charge >= 0.3 is 0 Å². The van der Waals surface area contributed by atoms with Gasteiger partial charge in [-0.1, -0.05) is 15.9 Å². The van der Waals surface area contributed by atoms with E-state index >= 15 is 0 Å². The van der Waals surface area contributed by atoms with Crippen LogP contribution >= 0.6 is 27.5 Å². The summed E-state index contributed by atoms with van der Waals surface area (Å²) in [6.07, 6.45) is 0. The second kappa shape index (κ2) is 4.33. The minimum atomic E-state index is -0.262. The number of benzene rings is 1. The zero-order valence-corrected chi connectivity index (χ0v) is 10.3. The monoisotopic (exact) mass is 286 g/mol. The maximum Gasteiger partial charge on any atom is 0.247 e. The van der Waals surface area contributed by atoms with Gasteiger partial charge in [0.15, 0.2) is 0 Å². The first-order valence-corrected chi connectivity index (χ1v) is 5.63. The van der Waals surface area contributed by atoms with Crippen LogP contribution in [0.4, 0.5) is 0 Å². The summed E-state index contributed by atoms with van der Waals surface area (Å²) in [5, 5.41) is 7.51. The highest BCUT2D eigenvalue weighted by Crippen LogP contribution is 2.24. The van der Waals surface area contributed by atoms with Crippen molar-refractivity contribution < 1.29 is 4.42 Å². The molecular formula is C10H8BrClN2O. The molecule has 2 aromatic rings. The Labute approximate surface area is 101 Å². The number of rotatable bonds is 2. The van der Waals surface area contributed by atoms with E-state index in [4.69, 9.17) is 16.0 Å². The fraction of sp³-hybridized carbons (Fsp3) is 0.200. The van der Waals surface area contributed by atoms with E-state index in [0.29, 0.717) is 11.8 Å². The molecule has 0 aliphatic carbocycles. The third-order valence-corrected chi connectivity index (χ3v) is 2.59. The Kier molecular flexibility index (Phi) is 3.07. The molecule has 0 fully saturated rings. The third-order valence-electron chi connectivity index (χ3n) is 1.87. The molecule has 1 atom stereocenters. The zero-order chi connectivity index (χ0) is 10.8. The summed E-state index contributed by atoms with van der Waals surface area (Å²) in [4.78, 5) is 0. The molecule has 15 heavy (non-hydrogen) atoms. The van der Waals surface area contributed by atoms with Gasteiger partial charge in [0.2, 0.25) is 11.8 Å². The molecule has 0 aliphatic heterocycles. The molecule has 0 N–H and O–H groups in total. The lowest BCUT2D eigenvalue weighted by molar-refractivity contribution is 0.507. The first-order chi connectivity index (χ1) is 7.16. The van der Waals surface area contributed by atoms with Crippen LogP contribution < -0.4 is 0 Å². The Morgan fingerprint density at radius 1 is 1.27 bits per heavy atom. The Morgan fingerprint density at radius 2 is 1.93 bits per heavy atom. The summed E-state index contributed by atoms with van der Waals surface area (Å²) in [7, 11) is 0. The molecule has 1 aromatic carbocycles. The first kappa shape index (κ1) is 10.6. The molecule has 78 valence electrons. The fourth-order valence-electron chi connectivity index (χ4n) is 1.10. The average molecular weight is 288 g/mol. The van der Waals surface area contributed by atoms with Crippen LogP contribution in [0.1, 0.15) is 18.2 Å². The molecule has 0 radical (unpaired) electrons. The van der Waals surface area contributed by atoms with Crippen molar-refractivity contribution in [3.05, 3.63) is 34.6 Å². The Balaban J connectivity index is 2.33. The lowest BCUT2D eigenvalue weighted by atomic mass is 10.2. The summed E-state index contributed by atoms with van der Waals surface area (Å²) < 4.78 is 6.41. The summed E-state index contributed by atoms with van der Waals surface area (Å²) in [6.45, 7) is 1.79. The number of nitrogens with zero attached hydrogens (tertiary/aromatic N) is 2. The largest absolute Gasteiger partial charge is 0.419 e. The van der Waals surface area contributed by atoms with Gasteiger partial charge in [0.25, 0.3) is 0 Å². The van der Waals surface area contributed by atoms with Gasteiger partial charge in [0, 0.05) is 10.0 Å². The molecule has 0 saturated heterocycles. The number of hydrogen-bond donors (Lipinski definition) is 0. The average Bonchev–Trinajstić information content (AvgIpc) is 2.68. The first-order valence-electron chi connectivity index (χ1n) is 4.40. The molecule has 1 unspecified atom stereocenters. The fourth-order valence-corrected chi connectivity index (χ4v) is 1.46. The summed E-state index contributed by atoms with van der Waals surface area (Å²) >= 11 is 9.18. The van der Waals surface area contributed by atoms with Crippen molar-refractivity contribution in [1.29, 1.82) is 0 Å². The highest BCUT2D eigenvalue weighted by atomic mass is 79.9. The number of halogens is 2. The van der Waals surface area contributed by atoms with Crippen molar-refractivity contribution in [2.45, 2.75) is 12.3 Å². The normalized spacial score (nSPS) is 12.7. The Morgan fingerprint density at radius 3 is 2.47 bits per heavy atom. The van der Waals surface area contributed by atoms with Gasteiger partial charge in [-0.2, -0.15) is 0 Å². The lowest BCUT2D eigenvalue weighted by Gasteiger charge is -1.95. The van der Waals surface area contributed by atoms with Crippen molar-refractivity contribution in [3.63, 3.8) is 0 Å². The summed E-state index contributed by atoms with van der Waals surface area (Å²) in [6, 6.07) is 7.65. The third kappa shape index (κ3) is 2.38. The molecular weight excluding hydrogens is 279 g/mol. The molecule has 3 nitrogen and oxygen atoms in total. The maximum atomic E-state index is 5.83. The topological polar surface area (TPSA) is 38.9 Å². The Hall–Kier alpha value is -0.870. The van der Waals surface area contributed by atoms with E-state index in [2.05, 4.69) is 26.1 Å². The molecule has 1 aromatic heterocycles. The number of aromatic nitrogens is 2. The van der Waals surface area contributed by atoms with E-state index in [-0.39, 0.29) is 5.38 Å². The molecule has 0 aliphatic rings. The van der Waals surface area contributed by atoms with Gasteiger partial charge in [0.1, 0.15) is 5.38 Å². The summed E-state index contributed by atoms with van der Waals surface area (Å²) in [5.41, 5.74) is 0.884. The van der Waals surface area contributed by atoms with Gasteiger partial charge in [-0.15, -0.1) is 21.8 Å². The minimum Gasteiger partial charge on any atom is -0.419 e. The molecule has 0 spiro atoms. The van der Waals surface area contributed by atoms with Crippen LogP contribution in [0.5, 0.6) is 0 Å². The second-order valence-electron chi connectivity index (χ2n) is 3.07. The maximum absolute atomic E-state index is 5.83. The minimum absolute atomic E-state index is 0.262. The Bertz CT molecular complexity index is 453. The molecule has 0 amide bonds. The number of alkyl halides is 1. The quantitative estimate of drug-likeness (QED) is 0.789. The standard InChI is InChI=1S/C10H8BrClN2O/c1-6(12)9-13-14-10(15-9)7-2-4-8(11)5-3-7/h2-6H,1H3. The van der Waals surface area contributed by atoms with E-state index in [1.54, 1.807) is 6.92 Å². The van der Waals surface area contributed by atoms with Crippen LogP contribution in [0.2, 0.25) is 0 Å². The summed E-state index contributed by atoms with van der Waals surface area (Å²) in [5.74, 6) is 0.930. The number of hydrogen-bond acceptors (Lipinski definition) is 3. The SMILES string of the molecule is CC(Cl)c1nnc(-c2ccc(Br)cc2)o1. The van der Waals surface area contributed by atoms with Gasteiger partial charge in [-0.25, -0.2) is 0 Å². The highest BCUT2D eigenvalue weighted by Gasteiger charge is 2.12. The van der Waals surface area contributed by atoms with E-state index in [1.165, 1.54) is 0 Å².